The molecule has 0 radical (unpaired) electrons. The highest BCUT2D eigenvalue weighted by molar-refractivity contribution is 5.97. The van der Waals surface area contributed by atoms with Gasteiger partial charge in [0.2, 0.25) is 5.91 Å². The fraction of sp³-hybridized carbons (Fsp3) is 0.467. The summed E-state index contributed by atoms with van der Waals surface area (Å²) in [5.74, 6) is -1.02. The number of aryl methyl sites for hydroxylation is 1. The van der Waals surface area contributed by atoms with Gasteiger partial charge in [0.25, 0.3) is 5.91 Å². The van der Waals surface area contributed by atoms with Crippen LogP contribution >= 0.6 is 0 Å². The van der Waals surface area contributed by atoms with Crippen LogP contribution in [-0.4, -0.2) is 30.6 Å². The maximum atomic E-state index is 14.1. The molecule has 2 amide bonds. The number of nitrogens with one attached hydrogen (secondary N) is 2. The van der Waals surface area contributed by atoms with E-state index >= 15 is 0 Å². The smallest absolute Gasteiger partial charge is 0.253 e. The zero-order valence-corrected chi connectivity index (χ0v) is 12.0. The molecule has 2 aliphatic rings. The number of nitrogens with two attached hydrogens (primary N) is 1. The zero-order valence-electron chi connectivity index (χ0n) is 12.0. The van der Waals surface area contributed by atoms with Gasteiger partial charge in [-0.2, -0.15) is 0 Å². The van der Waals surface area contributed by atoms with Crippen molar-refractivity contribution in [1.29, 1.82) is 0 Å². The van der Waals surface area contributed by atoms with E-state index in [-0.39, 0.29) is 17.7 Å². The summed E-state index contributed by atoms with van der Waals surface area (Å²) in [6.45, 7) is 0.364. The monoisotopic (exact) mass is 307 g/mol. The van der Waals surface area contributed by atoms with E-state index < -0.39 is 17.8 Å². The SMILES string of the molecule is NC[C@H]1CC[C@@H](C(=O)Nc2cc3c(cc2F)CCC(=O)N3)O1. The first kappa shape index (κ1) is 14.9. The molecule has 0 aliphatic carbocycles. The quantitative estimate of drug-likeness (QED) is 0.781. The molecule has 1 aromatic carbocycles. The van der Waals surface area contributed by atoms with Gasteiger partial charge in [0.15, 0.2) is 0 Å². The van der Waals surface area contributed by atoms with Crippen molar-refractivity contribution in [3.05, 3.63) is 23.5 Å². The molecule has 4 N–H and O–H groups in total. The van der Waals surface area contributed by atoms with Gasteiger partial charge in [-0.3, -0.25) is 9.59 Å². The third kappa shape index (κ3) is 2.95. The molecule has 1 fully saturated rings. The van der Waals surface area contributed by atoms with E-state index in [0.29, 0.717) is 31.5 Å². The van der Waals surface area contributed by atoms with Crippen LogP contribution in [0.2, 0.25) is 0 Å². The van der Waals surface area contributed by atoms with Gasteiger partial charge in [0.05, 0.1) is 11.8 Å². The minimum atomic E-state index is -0.612. The Balaban J connectivity index is 1.74. The third-order valence-electron chi connectivity index (χ3n) is 4.01. The number of rotatable bonds is 3. The second-order valence-corrected chi connectivity index (χ2v) is 5.59. The maximum Gasteiger partial charge on any atom is 0.253 e. The molecule has 0 bridgehead atoms. The van der Waals surface area contributed by atoms with Crippen LogP contribution in [-0.2, 0) is 20.7 Å². The molecule has 0 aromatic heterocycles. The number of hydrogen-bond acceptors (Lipinski definition) is 4. The highest BCUT2D eigenvalue weighted by atomic mass is 19.1. The molecule has 7 heteroatoms. The number of fused-ring (bicyclic) bond motifs is 1. The summed E-state index contributed by atoms with van der Waals surface area (Å²) in [7, 11) is 0. The normalized spacial score (nSPS) is 23.8. The van der Waals surface area contributed by atoms with Crippen LogP contribution < -0.4 is 16.4 Å². The Morgan fingerprint density at radius 2 is 2.23 bits per heavy atom. The van der Waals surface area contributed by atoms with Gasteiger partial charge in [-0.15, -0.1) is 0 Å². The standard InChI is InChI=1S/C15H18FN3O3/c16-10-5-8-1-4-14(20)18-11(8)6-12(10)19-15(21)13-3-2-9(7-17)22-13/h5-6,9,13H,1-4,7,17H2,(H,18,20)(H,19,21)/t9-,13+/m1/s1. The van der Waals surface area contributed by atoms with Crippen LogP contribution in [0.1, 0.15) is 24.8 Å². The predicted octanol–water partition coefficient (Wildman–Crippen LogP) is 1.16. The number of carbonyl (C=O) groups excluding carboxylic acids is 2. The minimum Gasteiger partial charge on any atom is -0.364 e. The number of ether oxygens (including phenoxy) is 1. The van der Waals surface area contributed by atoms with E-state index in [1.165, 1.54) is 12.1 Å². The van der Waals surface area contributed by atoms with Crippen molar-refractivity contribution in [2.24, 2.45) is 5.73 Å². The van der Waals surface area contributed by atoms with Crippen molar-refractivity contribution in [2.75, 3.05) is 17.2 Å². The van der Waals surface area contributed by atoms with Gasteiger partial charge in [-0.05, 0) is 37.0 Å². The summed E-state index contributed by atoms with van der Waals surface area (Å²) in [5.41, 5.74) is 6.83. The second-order valence-electron chi connectivity index (χ2n) is 5.59. The molecule has 22 heavy (non-hydrogen) atoms. The first-order valence-electron chi connectivity index (χ1n) is 7.35. The zero-order chi connectivity index (χ0) is 15.7. The third-order valence-corrected chi connectivity index (χ3v) is 4.01. The molecule has 2 aliphatic heterocycles. The van der Waals surface area contributed by atoms with Crippen molar-refractivity contribution in [3.8, 4) is 0 Å². The van der Waals surface area contributed by atoms with Crippen LogP contribution in [0.4, 0.5) is 15.8 Å². The maximum absolute atomic E-state index is 14.1. The van der Waals surface area contributed by atoms with Crippen molar-refractivity contribution >= 4 is 23.2 Å². The van der Waals surface area contributed by atoms with Crippen LogP contribution in [0, 0.1) is 5.82 Å². The van der Waals surface area contributed by atoms with Gasteiger partial charge in [0.1, 0.15) is 11.9 Å². The molecule has 0 saturated carbocycles. The molecule has 1 aromatic rings. The Morgan fingerprint density at radius 3 is 2.95 bits per heavy atom. The summed E-state index contributed by atoms with van der Waals surface area (Å²) in [6, 6.07) is 2.80. The molecule has 1 saturated heterocycles. The first-order chi connectivity index (χ1) is 10.6. The number of halogens is 1. The summed E-state index contributed by atoms with van der Waals surface area (Å²) in [5, 5.41) is 5.21. The van der Waals surface area contributed by atoms with Gasteiger partial charge >= 0.3 is 0 Å². The number of amides is 2. The van der Waals surface area contributed by atoms with Gasteiger partial charge in [-0.1, -0.05) is 0 Å². The fourth-order valence-electron chi connectivity index (χ4n) is 2.78. The fourth-order valence-corrected chi connectivity index (χ4v) is 2.78. The van der Waals surface area contributed by atoms with Crippen molar-refractivity contribution in [2.45, 2.75) is 37.9 Å². The molecular formula is C15H18FN3O3. The molecule has 118 valence electrons. The van der Waals surface area contributed by atoms with E-state index in [0.717, 1.165) is 12.0 Å². The second kappa shape index (κ2) is 6.02. The first-order valence-corrected chi connectivity index (χ1v) is 7.35. The van der Waals surface area contributed by atoms with Crippen molar-refractivity contribution in [3.63, 3.8) is 0 Å². The summed E-state index contributed by atoms with van der Waals surface area (Å²) < 4.78 is 19.6. The average Bonchev–Trinajstić information content (AvgIpc) is 2.97. The van der Waals surface area contributed by atoms with Crippen LogP contribution in [0.5, 0.6) is 0 Å². The number of benzene rings is 1. The summed E-state index contributed by atoms with van der Waals surface area (Å²) in [4.78, 5) is 23.5. The lowest BCUT2D eigenvalue weighted by atomic mass is 10.0. The van der Waals surface area contributed by atoms with Gasteiger partial charge in [0, 0.05) is 18.7 Å². The molecule has 2 atom stereocenters. The Morgan fingerprint density at radius 1 is 1.41 bits per heavy atom. The van der Waals surface area contributed by atoms with Crippen LogP contribution in [0.15, 0.2) is 12.1 Å². The largest absolute Gasteiger partial charge is 0.364 e. The molecule has 6 nitrogen and oxygen atoms in total. The molecule has 0 unspecified atom stereocenters. The Hall–Kier alpha value is -1.99. The van der Waals surface area contributed by atoms with E-state index in [4.69, 9.17) is 10.5 Å². The number of hydrogen-bond donors (Lipinski definition) is 3. The van der Waals surface area contributed by atoms with Crippen LogP contribution in [0.25, 0.3) is 0 Å². The molecule has 2 heterocycles. The average molecular weight is 307 g/mol. The van der Waals surface area contributed by atoms with Crippen LogP contribution in [0.3, 0.4) is 0 Å². The Kier molecular flexibility index (Phi) is 4.08. The topological polar surface area (TPSA) is 93.5 Å². The van der Waals surface area contributed by atoms with Crippen molar-refractivity contribution in [1.82, 2.24) is 0 Å². The van der Waals surface area contributed by atoms with E-state index in [2.05, 4.69) is 10.6 Å². The van der Waals surface area contributed by atoms with Gasteiger partial charge < -0.3 is 21.1 Å². The lowest BCUT2D eigenvalue weighted by molar-refractivity contribution is -0.126. The summed E-state index contributed by atoms with van der Waals surface area (Å²) >= 11 is 0. The molecule has 0 spiro atoms. The Labute approximate surface area is 127 Å². The number of anilines is 2. The molecule has 3 rings (SSSR count). The summed E-state index contributed by atoms with van der Waals surface area (Å²) in [6.07, 6.45) is 1.39. The highest BCUT2D eigenvalue weighted by Gasteiger charge is 2.30. The van der Waals surface area contributed by atoms with E-state index in [1.807, 2.05) is 0 Å². The lowest BCUT2D eigenvalue weighted by Gasteiger charge is -2.19. The highest BCUT2D eigenvalue weighted by Crippen LogP contribution is 2.29. The predicted molar refractivity (Wildman–Crippen MR) is 78.9 cm³/mol. The number of carbonyl (C=O) groups is 2. The van der Waals surface area contributed by atoms with E-state index in [9.17, 15) is 14.0 Å². The van der Waals surface area contributed by atoms with E-state index in [1.54, 1.807) is 0 Å². The minimum absolute atomic E-state index is 0.0470. The van der Waals surface area contributed by atoms with Gasteiger partial charge in [-0.25, -0.2) is 4.39 Å². The lowest BCUT2D eigenvalue weighted by Crippen LogP contribution is -2.30. The molecular weight excluding hydrogens is 289 g/mol. The Bertz CT molecular complexity index is 620. The van der Waals surface area contributed by atoms with Crippen molar-refractivity contribution < 1.29 is 18.7 Å².